The standard InChI is InChI=1S/C21H26N2O2/c1-22(2)19-9-12-25-21(14-19)10-11-23(15-21)20(24)18-8-7-16-5-3-4-6-17(16)13-18/h3-8,13,19H,9-12,14-15H2,1-2H3/t19-,21+/m0/s1. The Bertz CT molecular complexity index is 788. The Morgan fingerprint density at radius 2 is 2.00 bits per heavy atom. The predicted octanol–water partition coefficient (Wildman–Crippen LogP) is 3.17. The van der Waals surface area contributed by atoms with E-state index < -0.39 is 0 Å². The van der Waals surface area contributed by atoms with Crippen LogP contribution >= 0.6 is 0 Å². The van der Waals surface area contributed by atoms with E-state index in [1.54, 1.807) is 0 Å². The molecule has 0 aromatic heterocycles. The van der Waals surface area contributed by atoms with E-state index in [4.69, 9.17) is 4.74 Å². The molecule has 4 rings (SSSR count). The van der Waals surface area contributed by atoms with Crippen LogP contribution in [0, 0.1) is 0 Å². The summed E-state index contributed by atoms with van der Waals surface area (Å²) < 4.78 is 6.17. The number of hydrogen-bond acceptors (Lipinski definition) is 3. The molecule has 2 aliphatic rings. The first-order valence-corrected chi connectivity index (χ1v) is 9.15. The van der Waals surface area contributed by atoms with Gasteiger partial charge in [-0.2, -0.15) is 0 Å². The van der Waals surface area contributed by atoms with Gasteiger partial charge < -0.3 is 14.5 Å². The van der Waals surface area contributed by atoms with Crippen LogP contribution in [0.5, 0.6) is 0 Å². The van der Waals surface area contributed by atoms with Crippen molar-refractivity contribution in [1.29, 1.82) is 0 Å². The van der Waals surface area contributed by atoms with Gasteiger partial charge in [-0.3, -0.25) is 4.79 Å². The molecule has 0 unspecified atom stereocenters. The van der Waals surface area contributed by atoms with Gasteiger partial charge in [-0.25, -0.2) is 0 Å². The fourth-order valence-electron chi connectivity index (χ4n) is 4.25. The Labute approximate surface area is 149 Å². The van der Waals surface area contributed by atoms with Gasteiger partial charge in [0.2, 0.25) is 0 Å². The largest absolute Gasteiger partial charge is 0.373 e. The van der Waals surface area contributed by atoms with Crippen molar-refractivity contribution in [2.45, 2.75) is 30.9 Å². The number of nitrogens with zero attached hydrogens (tertiary/aromatic N) is 2. The molecule has 0 radical (unpaired) electrons. The van der Waals surface area contributed by atoms with Crippen molar-refractivity contribution in [3.05, 3.63) is 48.0 Å². The molecule has 2 aromatic rings. The van der Waals surface area contributed by atoms with Crippen LogP contribution in [-0.2, 0) is 4.74 Å². The third-order valence-corrected chi connectivity index (χ3v) is 5.80. The number of carbonyl (C=O) groups excluding carboxylic acids is 1. The Morgan fingerprint density at radius 3 is 2.80 bits per heavy atom. The molecule has 0 aliphatic carbocycles. The van der Waals surface area contributed by atoms with E-state index in [1.807, 2.05) is 35.2 Å². The first-order valence-electron chi connectivity index (χ1n) is 9.15. The number of amides is 1. The summed E-state index contributed by atoms with van der Waals surface area (Å²) in [5.74, 6) is 0.123. The van der Waals surface area contributed by atoms with Gasteiger partial charge in [0.25, 0.3) is 5.91 Å². The number of likely N-dealkylation sites (tertiary alicyclic amines) is 1. The highest BCUT2D eigenvalue weighted by Crippen LogP contribution is 2.36. The molecule has 132 valence electrons. The summed E-state index contributed by atoms with van der Waals surface area (Å²) in [6.45, 7) is 2.29. The van der Waals surface area contributed by atoms with Crippen molar-refractivity contribution in [1.82, 2.24) is 9.80 Å². The molecule has 25 heavy (non-hydrogen) atoms. The maximum atomic E-state index is 13.0. The SMILES string of the molecule is CN(C)[C@H]1CCO[C@]2(CCN(C(=O)c3ccc4ccccc4c3)C2)C1. The number of hydrogen-bond donors (Lipinski definition) is 0. The third kappa shape index (κ3) is 3.16. The summed E-state index contributed by atoms with van der Waals surface area (Å²) in [7, 11) is 4.27. The highest BCUT2D eigenvalue weighted by molar-refractivity contribution is 5.98. The van der Waals surface area contributed by atoms with Gasteiger partial charge in [-0.15, -0.1) is 0 Å². The van der Waals surface area contributed by atoms with Gasteiger partial charge >= 0.3 is 0 Å². The normalized spacial score (nSPS) is 26.7. The Balaban J connectivity index is 1.51. The van der Waals surface area contributed by atoms with Crippen LogP contribution in [0.4, 0.5) is 0 Å². The van der Waals surface area contributed by atoms with Crippen LogP contribution in [0.1, 0.15) is 29.6 Å². The minimum absolute atomic E-state index is 0.123. The summed E-state index contributed by atoms with van der Waals surface area (Å²) in [4.78, 5) is 17.3. The number of rotatable bonds is 2. The van der Waals surface area contributed by atoms with Crippen LogP contribution in [0.15, 0.2) is 42.5 Å². The van der Waals surface area contributed by atoms with Crippen LogP contribution in [0.25, 0.3) is 10.8 Å². The zero-order chi connectivity index (χ0) is 17.4. The van der Waals surface area contributed by atoms with Gasteiger partial charge in [-0.1, -0.05) is 30.3 Å². The fraction of sp³-hybridized carbons (Fsp3) is 0.476. The maximum absolute atomic E-state index is 13.0. The van der Waals surface area contributed by atoms with Crippen molar-refractivity contribution in [2.75, 3.05) is 33.8 Å². The molecule has 2 atom stereocenters. The van der Waals surface area contributed by atoms with E-state index in [0.717, 1.165) is 43.4 Å². The van der Waals surface area contributed by atoms with Gasteiger partial charge in [0, 0.05) is 24.8 Å². The van der Waals surface area contributed by atoms with Crippen molar-refractivity contribution in [2.24, 2.45) is 0 Å². The first kappa shape index (κ1) is 16.6. The molecular formula is C21H26N2O2. The number of fused-ring (bicyclic) bond motifs is 1. The Morgan fingerprint density at radius 1 is 1.20 bits per heavy atom. The number of benzene rings is 2. The second kappa shape index (κ2) is 6.43. The molecule has 2 heterocycles. The van der Waals surface area contributed by atoms with E-state index >= 15 is 0 Å². The van der Waals surface area contributed by atoms with Crippen molar-refractivity contribution in [3.63, 3.8) is 0 Å². The highest BCUT2D eigenvalue weighted by Gasteiger charge is 2.45. The summed E-state index contributed by atoms with van der Waals surface area (Å²) in [5.41, 5.74) is 0.621. The lowest BCUT2D eigenvalue weighted by molar-refractivity contribution is -0.0916. The van der Waals surface area contributed by atoms with E-state index in [1.165, 1.54) is 5.39 Å². The minimum Gasteiger partial charge on any atom is -0.373 e. The highest BCUT2D eigenvalue weighted by atomic mass is 16.5. The van der Waals surface area contributed by atoms with Gasteiger partial charge in [0.05, 0.1) is 12.1 Å². The quantitative estimate of drug-likeness (QED) is 0.843. The predicted molar refractivity (Wildman–Crippen MR) is 99.9 cm³/mol. The van der Waals surface area contributed by atoms with Crippen LogP contribution in [0.2, 0.25) is 0 Å². The van der Waals surface area contributed by atoms with Crippen molar-refractivity contribution in [3.8, 4) is 0 Å². The Kier molecular flexibility index (Phi) is 4.26. The first-order chi connectivity index (χ1) is 12.1. The monoisotopic (exact) mass is 338 g/mol. The van der Waals surface area contributed by atoms with E-state index in [0.29, 0.717) is 12.6 Å². The summed E-state index contributed by atoms with van der Waals surface area (Å²) in [6, 6.07) is 14.7. The molecule has 1 spiro atoms. The van der Waals surface area contributed by atoms with Crippen LogP contribution in [-0.4, -0.2) is 61.1 Å². The summed E-state index contributed by atoms with van der Waals surface area (Å²) in [6.07, 6.45) is 3.03. The van der Waals surface area contributed by atoms with Crippen molar-refractivity contribution < 1.29 is 9.53 Å². The van der Waals surface area contributed by atoms with Gasteiger partial charge in [0.15, 0.2) is 0 Å². The third-order valence-electron chi connectivity index (χ3n) is 5.80. The smallest absolute Gasteiger partial charge is 0.253 e. The molecule has 2 aliphatic heterocycles. The lowest BCUT2D eigenvalue weighted by Gasteiger charge is -2.40. The average molecular weight is 338 g/mol. The second-order valence-corrected chi connectivity index (χ2v) is 7.68. The van der Waals surface area contributed by atoms with Crippen LogP contribution in [0.3, 0.4) is 0 Å². The molecule has 2 fully saturated rings. The summed E-state index contributed by atoms with van der Waals surface area (Å²) in [5, 5.41) is 2.28. The van der Waals surface area contributed by atoms with Crippen LogP contribution < -0.4 is 0 Å². The van der Waals surface area contributed by atoms with Gasteiger partial charge in [0.1, 0.15) is 0 Å². The molecule has 2 saturated heterocycles. The van der Waals surface area contributed by atoms with Crippen molar-refractivity contribution >= 4 is 16.7 Å². The topological polar surface area (TPSA) is 32.8 Å². The molecule has 4 heteroatoms. The van der Waals surface area contributed by atoms with Gasteiger partial charge in [-0.05, 0) is 56.3 Å². The lowest BCUT2D eigenvalue weighted by Crippen LogP contribution is -2.48. The molecule has 2 aromatic carbocycles. The zero-order valence-electron chi connectivity index (χ0n) is 15.1. The Hall–Kier alpha value is -1.91. The maximum Gasteiger partial charge on any atom is 0.253 e. The van der Waals surface area contributed by atoms with E-state index in [-0.39, 0.29) is 11.5 Å². The van der Waals surface area contributed by atoms with E-state index in [9.17, 15) is 4.79 Å². The number of ether oxygens (including phenoxy) is 1. The lowest BCUT2D eigenvalue weighted by atomic mass is 9.89. The fourth-order valence-corrected chi connectivity index (χ4v) is 4.25. The molecular weight excluding hydrogens is 312 g/mol. The second-order valence-electron chi connectivity index (χ2n) is 7.68. The minimum atomic E-state index is -0.153. The molecule has 0 bridgehead atoms. The zero-order valence-corrected chi connectivity index (χ0v) is 15.1. The molecule has 1 amide bonds. The number of carbonyl (C=O) groups is 1. The van der Waals surface area contributed by atoms with E-state index in [2.05, 4.69) is 31.1 Å². The molecule has 0 N–H and O–H groups in total. The summed E-state index contributed by atoms with van der Waals surface area (Å²) >= 11 is 0. The molecule has 0 saturated carbocycles. The average Bonchev–Trinajstić information content (AvgIpc) is 3.04. The molecule has 4 nitrogen and oxygen atoms in total.